The average molecular weight is 223 g/mol. The van der Waals surface area contributed by atoms with Gasteiger partial charge in [-0.1, -0.05) is 32.1 Å². The predicted octanol–water partition coefficient (Wildman–Crippen LogP) is 2.58. The first-order valence-electron chi connectivity index (χ1n) is 6.55. The van der Waals surface area contributed by atoms with Crippen molar-refractivity contribution in [1.82, 2.24) is 5.32 Å². The zero-order chi connectivity index (χ0) is 11.8. The molecule has 1 aliphatic carbocycles. The molecule has 1 saturated carbocycles. The van der Waals surface area contributed by atoms with Gasteiger partial charge < -0.3 is 10.1 Å². The van der Waals surface area contributed by atoms with Gasteiger partial charge in [-0.2, -0.15) is 0 Å². The van der Waals surface area contributed by atoms with Crippen molar-refractivity contribution in [3.63, 3.8) is 0 Å². The Morgan fingerprint density at radius 2 is 2.06 bits per heavy atom. The number of nitrogens with one attached hydrogen (secondary N) is 1. The van der Waals surface area contributed by atoms with Crippen molar-refractivity contribution in [2.75, 3.05) is 13.7 Å². The van der Waals surface area contributed by atoms with Crippen molar-refractivity contribution in [2.24, 2.45) is 5.92 Å². The van der Waals surface area contributed by atoms with E-state index in [2.05, 4.69) is 18.2 Å². The van der Waals surface area contributed by atoms with E-state index < -0.39 is 0 Å². The molecule has 16 heavy (non-hydrogen) atoms. The van der Waals surface area contributed by atoms with E-state index in [-0.39, 0.29) is 12.1 Å². The van der Waals surface area contributed by atoms with Gasteiger partial charge in [0.2, 0.25) is 0 Å². The Kier molecular flexibility index (Phi) is 6.52. The maximum atomic E-state index is 5.63. The van der Waals surface area contributed by atoms with Crippen molar-refractivity contribution in [3.8, 4) is 12.3 Å². The van der Waals surface area contributed by atoms with E-state index in [9.17, 15) is 0 Å². The molecule has 0 aromatic heterocycles. The molecule has 1 rings (SSSR count). The van der Waals surface area contributed by atoms with Gasteiger partial charge in [-0.25, -0.2) is 0 Å². The zero-order valence-corrected chi connectivity index (χ0v) is 10.7. The topological polar surface area (TPSA) is 21.3 Å². The highest BCUT2D eigenvalue weighted by molar-refractivity contribution is 5.05. The quantitative estimate of drug-likeness (QED) is 0.699. The Balaban J connectivity index is 2.51. The van der Waals surface area contributed by atoms with Crippen molar-refractivity contribution in [1.29, 1.82) is 0 Å². The van der Waals surface area contributed by atoms with Crippen LogP contribution in [-0.2, 0) is 4.74 Å². The van der Waals surface area contributed by atoms with Crippen LogP contribution in [0.25, 0.3) is 0 Å². The van der Waals surface area contributed by atoms with Crippen LogP contribution in [-0.4, -0.2) is 25.8 Å². The van der Waals surface area contributed by atoms with E-state index in [0.717, 1.165) is 13.0 Å². The maximum absolute atomic E-state index is 5.63. The minimum atomic E-state index is 0.0769. The Labute approximate surface area is 100 Å². The summed E-state index contributed by atoms with van der Waals surface area (Å²) in [5.41, 5.74) is 0. The number of terminal acetylenes is 1. The highest BCUT2D eigenvalue weighted by atomic mass is 16.5. The minimum absolute atomic E-state index is 0.0769. The minimum Gasteiger partial charge on any atom is -0.379 e. The van der Waals surface area contributed by atoms with Crippen LogP contribution >= 0.6 is 0 Å². The third-order valence-corrected chi connectivity index (χ3v) is 3.51. The number of hydrogen-bond donors (Lipinski definition) is 1. The molecule has 0 aromatic rings. The Hall–Kier alpha value is -0.520. The van der Waals surface area contributed by atoms with Gasteiger partial charge in [0.1, 0.15) is 0 Å². The van der Waals surface area contributed by atoms with Crippen LogP contribution in [0.5, 0.6) is 0 Å². The molecule has 0 heterocycles. The molecule has 0 radical (unpaired) electrons. The van der Waals surface area contributed by atoms with Gasteiger partial charge in [-0.3, -0.25) is 0 Å². The molecule has 2 unspecified atom stereocenters. The molecule has 92 valence electrons. The number of hydrogen-bond acceptors (Lipinski definition) is 2. The van der Waals surface area contributed by atoms with Crippen LogP contribution in [0.1, 0.15) is 45.4 Å². The summed E-state index contributed by atoms with van der Waals surface area (Å²) in [6, 6.07) is 0.0769. The van der Waals surface area contributed by atoms with Crippen LogP contribution in [0.4, 0.5) is 0 Å². The van der Waals surface area contributed by atoms with Gasteiger partial charge in [-0.05, 0) is 31.7 Å². The molecule has 0 spiro atoms. The first kappa shape index (κ1) is 13.5. The smallest absolute Gasteiger partial charge is 0.0955 e. The average Bonchev–Trinajstić information content (AvgIpc) is 2.35. The summed E-state index contributed by atoms with van der Waals surface area (Å²) in [4.78, 5) is 0. The van der Waals surface area contributed by atoms with Gasteiger partial charge in [0.05, 0.1) is 12.1 Å². The second-order valence-corrected chi connectivity index (χ2v) is 4.70. The molecule has 0 aromatic carbocycles. The van der Waals surface area contributed by atoms with E-state index in [1.165, 1.54) is 32.1 Å². The van der Waals surface area contributed by atoms with Crippen molar-refractivity contribution < 1.29 is 4.74 Å². The van der Waals surface area contributed by atoms with Crippen molar-refractivity contribution in [2.45, 2.75) is 57.6 Å². The molecule has 2 heteroatoms. The highest BCUT2D eigenvalue weighted by Gasteiger charge is 2.29. The summed E-state index contributed by atoms with van der Waals surface area (Å²) in [6.45, 7) is 3.13. The lowest BCUT2D eigenvalue weighted by atomic mass is 9.82. The van der Waals surface area contributed by atoms with Gasteiger partial charge in [-0.15, -0.1) is 6.42 Å². The molecule has 1 fully saturated rings. The molecule has 0 saturated heterocycles. The molecule has 2 atom stereocenters. The summed E-state index contributed by atoms with van der Waals surface area (Å²) in [7, 11) is 1.79. The molecule has 0 aliphatic heterocycles. The number of methoxy groups -OCH3 is 1. The van der Waals surface area contributed by atoms with E-state index in [1.807, 2.05) is 0 Å². The summed E-state index contributed by atoms with van der Waals surface area (Å²) in [5.74, 6) is 3.49. The van der Waals surface area contributed by atoms with Crippen LogP contribution in [0.2, 0.25) is 0 Å². The summed E-state index contributed by atoms with van der Waals surface area (Å²) >= 11 is 0. The first-order valence-corrected chi connectivity index (χ1v) is 6.55. The van der Waals surface area contributed by atoms with E-state index >= 15 is 0 Å². The fourth-order valence-corrected chi connectivity index (χ4v) is 2.63. The highest BCUT2D eigenvalue weighted by Crippen LogP contribution is 2.29. The lowest BCUT2D eigenvalue weighted by Gasteiger charge is -2.33. The lowest BCUT2D eigenvalue weighted by Crippen LogP contribution is -2.45. The molecular formula is C14H25NO. The van der Waals surface area contributed by atoms with Gasteiger partial charge in [0.15, 0.2) is 0 Å². The van der Waals surface area contributed by atoms with Crippen LogP contribution in [0.15, 0.2) is 0 Å². The standard InChI is InChI=1S/C14H25NO/c1-4-11-15-13(5-2)14(16-3)12-9-7-6-8-10-12/h2,12-15H,4,6-11H2,1,3H3. The Bertz CT molecular complexity index is 215. The van der Waals surface area contributed by atoms with Crippen molar-refractivity contribution in [3.05, 3.63) is 0 Å². The lowest BCUT2D eigenvalue weighted by molar-refractivity contribution is 0.0219. The van der Waals surface area contributed by atoms with E-state index in [4.69, 9.17) is 11.2 Å². The number of rotatable bonds is 6. The Morgan fingerprint density at radius 3 is 2.56 bits per heavy atom. The van der Waals surface area contributed by atoms with Crippen molar-refractivity contribution >= 4 is 0 Å². The zero-order valence-electron chi connectivity index (χ0n) is 10.7. The summed E-state index contributed by atoms with van der Waals surface area (Å²) in [6.07, 6.45) is 13.5. The Morgan fingerprint density at radius 1 is 1.38 bits per heavy atom. The monoisotopic (exact) mass is 223 g/mol. The van der Waals surface area contributed by atoms with E-state index in [0.29, 0.717) is 5.92 Å². The molecule has 2 nitrogen and oxygen atoms in total. The van der Waals surface area contributed by atoms with Crippen LogP contribution < -0.4 is 5.32 Å². The normalized spacial score (nSPS) is 21.3. The summed E-state index contributed by atoms with van der Waals surface area (Å²) in [5, 5.41) is 3.41. The molecular weight excluding hydrogens is 198 g/mol. The third-order valence-electron chi connectivity index (χ3n) is 3.51. The second kappa shape index (κ2) is 7.70. The molecule has 0 amide bonds. The van der Waals surface area contributed by atoms with E-state index in [1.54, 1.807) is 7.11 Å². The maximum Gasteiger partial charge on any atom is 0.0955 e. The molecule has 1 N–H and O–H groups in total. The SMILES string of the molecule is C#CC(NCCC)C(OC)C1CCCCC1. The van der Waals surface area contributed by atoms with Gasteiger partial charge in [0.25, 0.3) is 0 Å². The summed E-state index contributed by atoms with van der Waals surface area (Å²) < 4.78 is 5.63. The number of ether oxygens (including phenoxy) is 1. The fraction of sp³-hybridized carbons (Fsp3) is 0.857. The van der Waals surface area contributed by atoms with Crippen LogP contribution in [0, 0.1) is 18.3 Å². The van der Waals surface area contributed by atoms with Gasteiger partial charge >= 0.3 is 0 Å². The first-order chi connectivity index (χ1) is 7.83. The predicted molar refractivity (Wildman–Crippen MR) is 68.3 cm³/mol. The molecule has 1 aliphatic rings. The largest absolute Gasteiger partial charge is 0.379 e. The molecule has 0 bridgehead atoms. The third kappa shape index (κ3) is 3.81. The fourth-order valence-electron chi connectivity index (χ4n) is 2.63. The van der Waals surface area contributed by atoms with Gasteiger partial charge in [0, 0.05) is 7.11 Å². The van der Waals surface area contributed by atoms with Crippen LogP contribution in [0.3, 0.4) is 0 Å². The second-order valence-electron chi connectivity index (χ2n) is 4.70.